The summed E-state index contributed by atoms with van der Waals surface area (Å²) in [6.45, 7) is 2.51. The number of fused-ring (bicyclic) bond motifs is 1. The number of thiophene rings is 1. The van der Waals surface area contributed by atoms with Crippen LogP contribution in [0.4, 0.5) is 10.2 Å². The number of carbonyl (C=O) groups excluding carboxylic acids is 1. The molecule has 0 saturated heterocycles. The molecule has 2 aromatic carbocycles. The highest BCUT2D eigenvalue weighted by atomic mass is 35.5. The Morgan fingerprint density at radius 2 is 1.92 bits per heavy atom. The van der Waals surface area contributed by atoms with Gasteiger partial charge in [0.2, 0.25) is 0 Å². The normalized spacial score (nSPS) is 17.7. The summed E-state index contributed by atoms with van der Waals surface area (Å²) in [6, 6.07) is 15.4. The number of aryl methyl sites for hydroxylation is 1. The standard InChI is InChI=1S/C29H30ClFN4OS/c1-17-6-7-18(19-8-13-25(32)34-15-19)14-20(17)16-35(22-11-9-21(33-2)10-12-22)29(36)28-27(30)26-23(31)4-3-5-24(26)37-28/h3-8,13-15,21-22,33H,9-12,16H2,1-2H3,(H2,32,34). The van der Waals surface area contributed by atoms with E-state index in [-0.39, 0.29) is 17.0 Å². The molecule has 192 valence electrons. The highest BCUT2D eigenvalue weighted by Gasteiger charge is 2.32. The summed E-state index contributed by atoms with van der Waals surface area (Å²) in [6.07, 6.45) is 5.55. The Hall–Kier alpha value is -3.00. The molecule has 0 bridgehead atoms. The maximum atomic E-state index is 14.6. The zero-order valence-corrected chi connectivity index (χ0v) is 22.5. The largest absolute Gasteiger partial charge is 0.384 e. The fourth-order valence-corrected chi connectivity index (χ4v) is 6.67. The van der Waals surface area contributed by atoms with Crippen molar-refractivity contribution >= 4 is 44.7 Å². The van der Waals surface area contributed by atoms with Crippen molar-refractivity contribution in [3.05, 3.63) is 81.6 Å². The monoisotopic (exact) mass is 536 g/mol. The molecule has 0 spiro atoms. The second-order valence-electron chi connectivity index (χ2n) is 9.70. The van der Waals surface area contributed by atoms with E-state index in [9.17, 15) is 9.18 Å². The lowest BCUT2D eigenvalue weighted by atomic mass is 9.89. The van der Waals surface area contributed by atoms with Gasteiger partial charge in [-0.1, -0.05) is 29.8 Å². The minimum absolute atomic E-state index is 0.0736. The molecule has 5 nitrogen and oxygen atoms in total. The predicted octanol–water partition coefficient (Wildman–Crippen LogP) is 6.82. The van der Waals surface area contributed by atoms with Gasteiger partial charge < -0.3 is 16.0 Å². The van der Waals surface area contributed by atoms with E-state index >= 15 is 0 Å². The molecule has 1 aliphatic rings. The number of benzene rings is 2. The fourth-order valence-electron chi connectivity index (χ4n) is 5.16. The van der Waals surface area contributed by atoms with Crippen LogP contribution in [0.2, 0.25) is 5.02 Å². The molecule has 0 atom stereocenters. The van der Waals surface area contributed by atoms with Crippen LogP contribution >= 0.6 is 22.9 Å². The van der Waals surface area contributed by atoms with Gasteiger partial charge in [0.25, 0.3) is 5.91 Å². The van der Waals surface area contributed by atoms with Crippen molar-refractivity contribution < 1.29 is 9.18 Å². The first-order valence-electron chi connectivity index (χ1n) is 12.5. The first kappa shape index (κ1) is 25.6. The molecule has 4 aromatic rings. The third-order valence-electron chi connectivity index (χ3n) is 7.42. The van der Waals surface area contributed by atoms with Crippen LogP contribution in [-0.4, -0.2) is 34.9 Å². The number of rotatable bonds is 6. The molecule has 1 aliphatic carbocycles. The van der Waals surface area contributed by atoms with Gasteiger partial charge in [-0.25, -0.2) is 9.37 Å². The molecule has 2 heterocycles. The van der Waals surface area contributed by atoms with Gasteiger partial charge in [0.05, 0.1) is 5.02 Å². The molecule has 5 rings (SSSR count). The third kappa shape index (κ3) is 5.21. The maximum Gasteiger partial charge on any atom is 0.266 e. The summed E-state index contributed by atoms with van der Waals surface area (Å²) < 4.78 is 15.3. The first-order valence-corrected chi connectivity index (χ1v) is 13.7. The van der Waals surface area contributed by atoms with Crippen molar-refractivity contribution in [3.8, 4) is 11.1 Å². The number of amides is 1. The second kappa shape index (κ2) is 10.8. The van der Waals surface area contributed by atoms with Gasteiger partial charge in [-0.15, -0.1) is 11.3 Å². The number of nitrogens with one attached hydrogen (secondary N) is 1. The van der Waals surface area contributed by atoms with Crippen molar-refractivity contribution in [2.75, 3.05) is 12.8 Å². The van der Waals surface area contributed by atoms with Crippen LogP contribution in [0.15, 0.2) is 54.7 Å². The Morgan fingerprint density at radius 1 is 1.16 bits per heavy atom. The van der Waals surface area contributed by atoms with E-state index in [1.807, 2.05) is 24.1 Å². The van der Waals surface area contributed by atoms with Crippen LogP contribution in [-0.2, 0) is 6.54 Å². The van der Waals surface area contributed by atoms with Crippen molar-refractivity contribution in [1.29, 1.82) is 0 Å². The fraction of sp³-hybridized carbons (Fsp3) is 0.310. The van der Waals surface area contributed by atoms with Crippen LogP contribution < -0.4 is 11.1 Å². The maximum absolute atomic E-state index is 14.6. The first-order chi connectivity index (χ1) is 17.9. The zero-order chi connectivity index (χ0) is 26.1. The van der Waals surface area contributed by atoms with Crippen LogP contribution in [0.25, 0.3) is 21.2 Å². The molecule has 0 unspecified atom stereocenters. The third-order valence-corrected chi connectivity index (χ3v) is 9.05. The van der Waals surface area contributed by atoms with E-state index in [1.54, 1.807) is 18.3 Å². The van der Waals surface area contributed by atoms with Crippen LogP contribution in [0.3, 0.4) is 0 Å². The molecule has 3 N–H and O–H groups in total. The average Bonchev–Trinajstić information content (AvgIpc) is 3.26. The van der Waals surface area contributed by atoms with E-state index in [0.29, 0.717) is 33.4 Å². The quantitative estimate of drug-likeness (QED) is 0.283. The Bertz CT molecular complexity index is 1430. The Balaban J connectivity index is 1.52. The number of nitrogens with two attached hydrogens (primary N) is 1. The van der Waals surface area contributed by atoms with E-state index in [1.165, 1.54) is 17.4 Å². The molecular formula is C29H30ClFN4OS. The molecule has 2 aromatic heterocycles. The number of hydrogen-bond donors (Lipinski definition) is 2. The summed E-state index contributed by atoms with van der Waals surface area (Å²) in [5.74, 6) is -0.0707. The SMILES string of the molecule is CNC1CCC(N(Cc2cc(-c3ccc(N)nc3)ccc2C)C(=O)c2sc3cccc(F)c3c2Cl)CC1. The van der Waals surface area contributed by atoms with E-state index in [0.717, 1.165) is 47.9 Å². The summed E-state index contributed by atoms with van der Waals surface area (Å²) in [7, 11) is 1.99. The smallest absolute Gasteiger partial charge is 0.266 e. The van der Waals surface area contributed by atoms with Gasteiger partial charge in [0.1, 0.15) is 16.5 Å². The van der Waals surface area contributed by atoms with Crippen LogP contribution in [0, 0.1) is 12.7 Å². The Morgan fingerprint density at radius 3 is 2.59 bits per heavy atom. The molecule has 8 heteroatoms. The predicted molar refractivity (Wildman–Crippen MR) is 151 cm³/mol. The van der Waals surface area contributed by atoms with Gasteiger partial charge >= 0.3 is 0 Å². The molecular weight excluding hydrogens is 507 g/mol. The number of halogens is 2. The van der Waals surface area contributed by atoms with Crippen LogP contribution in [0.5, 0.6) is 0 Å². The summed E-state index contributed by atoms with van der Waals surface area (Å²) in [5, 5.41) is 3.90. The summed E-state index contributed by atoms with van der Waals surface area (Å²) >= 11 is 7.90. The lowest BCUT2D eigenvalue weighted by Crippen LogP contribution is -2.44. The minimum atomic E-state index is -0.403. The lowest BCUT2D eigenvalue weighted by Gasteiger charge is -2.37. The van der Waals surface area contributed by atoms with Crippen molar-refractivity contribution in [2.45, 2.75) is 51.2 Å². The zero-order valence-electron chi connectivity index (χ0n) is 20.9. The van der Waals surface area contributed by atoms with Gasteiger partial charge in [-0.3, -0.25) is 4.79 Å². The van der Waals surface area contributed by atoms with Crippen molar-refractivity contribution in [2.24, 2.45) is 0 Å². The summed E-state index contributed by atoms with van der Waals surface area (Å²) in [4.78, 5) is 20.7. The number of aromatic nitrogens is 1. The average molecular weight is 537 g/mol. The van der Waals surface area contributed by atoms with E-state index in [2.05, 4.69) is 35.4 Å². The molecule has 1 amide bonds. The Labute approximate surface area is 225 Å². The van der Waals surface area contributed by atoms with Gasteiger partial charge in [0, 0.05) is 40.5 Å². The molecule has 0 aliphatic heterocycles. The number of nitrogen functional groups attached to an aromatic ring is 1. The molecule has 1 saturated carbocycles. The minimum Gasteiger partial charge on any atom is -0.384 e. The van der Waals surface area contributed by atoms with Crippen molar-refractivity contribution in [3.63, 3.8) is 0 Å². The lowest BCUT2D eigenvalue weighted by molar-refractivity contribution is 0.0606. The number of anilines is 1. The molecule has 1 fully saturated rings. The highest BCUT2D eigenvalue weighted by molar-refractivity contribution is 7.21. The van der Waals surface area contributed by atoms with Crippen molar-refractivity contribution in [1.82, 2.24) is 15.2 Å². The van der Waals surface area contributed by atoms with Gasteiger partial charge in [0.15, 0.2) is 0 Å². The van der Waals surface area contributed by atoms with Crippen LogP contribution in [0.1, 0.15) is 46.5 Å². The van der Waals surface area contributed by atoms with Gasteiger partial charge in [-0.2, -0.15) is 0 Å². The van der Waals surface area contributed by atoms with Gasteiger partial charge in [-0.05, 0) is 86.7 Å². The number of carbonyl (C=O) groups is 1. The second-order valence-corrected chi connectivity index (χ2v) is 11.1. The van der Waals surface area contributed by atoms with E-state index in [4.69, 9.17) is 17.3 Å². The Kier molecular flexibility index (Phi) is 7.47. The molecule has 0 radical (unpaired) electrons. The highest BCUT2D eigenvalue weighted by Crippen LogP contribution is 2.39. The number of nitrogens with zero attached hydrogens (tertiary/aromatic N) is 2. The van der Waals surface area contributed by atoms with E-state index < -0.39 is 5.82 Å². The summed E-state index contributed by atoms with van der Waals surface area (Å²) in [5.41, 5.74) is 9.91. The topological polar surface area (TPSA) is 71.2 Å². The molecule has 37 heavy (non-hydrogen) atoms. The number of pyridine rings is 1. The number of hydrogen-bond acceptors (Lipinski definition) is 5.